The number of fused-ring (bicyclic) bond motifs is 1. The molecule has 0 bridgehead atoms. The molecule has 0 aliphatic carbocycles. The van der Waals surface area contributed by atoms with Gasteiger partial charge in [-0.05, 0) is 33.8 Å². The zero-order valence-corrected chi connectivity index (χ0v) is 13.3. The van der Waals surface area contributed by atoms with Crippen molar-refractivity contribution < 1.29 is 9.31 Å². The summed E-state index contributed by atoms with van der Waals surface area (Å²) in [5.74, 6) is 0. The molecule has 1 fully saturated rings. The van der Waals surface area contributed by atoms with Crippen molar-refractivity contribution in [3.63, 3.8) is 0 Å². The van der Waals surface area contributed by atoms with Crippen molar-refractivity contribution in [1.82, 2.24) is 10.2 Å². The van der Waals surface area contributed by atoms with E-state index in [4.69, 9.17) is 32.5 Å². The van der Waals surface area contributed by atoms with Crippen LogP contribution >= 0.6 is 23.2 Å². The SMILES string of the molecule is CC1(C)OB(c2c(Cl)c(Cl)cc3[nH]ncc23)OC1(C)C. The molecule has 0 amide bonds. The zero-order valence-electron chi connectivity index (χ0n) is 11.8. The van der Waals surface area contributed by atoms with Crippen LogP contribution in [0.15, 0.2) is 12.3 Å². The summed E-state index contributed by atoms with van der Waals surface area (Å²) >= 11 is 12.5. The number of H-pyrrole nitrogens is 1. The highest BCUT2D eigenvalue weighted by atomic mass is 35.5. The van der Waals surface area contributed by atoms with Gasteiger partial charge in [-0.3, -0.25) is 5.10 Å². The molecule has 7 heteroatoms. The average Bonchev–Trinajstić information content (AvgIpc) is 2.83. The summed E-state index contributed by atoms with van der Waals surface area (Å²) in [5.41, 5.74) is 0.671. The van der Waals surface area contributed by atoms with Gasteiger partial charge in [-0.15, -0.1) is 0 Å². The van der Waals surface area contributed by atoms with E-state index in [1.165, 1.54) is 0 Å². The molecule has 2 heterocycles. The lowest BCUT2D eigenvalue weighted by molar-refractivity contribution is 0.00578. The second-order valence-electron chi connectivity index (χ2n) is 6.01. The van der Waals surface area contributed by atoms with Crippen LogP contribution < -0.4 is 5.46 Å². The second-order valence-corrected chi connectivity index (χ2v) is 6.79. The molecular formula is C13H15BCl2N2O2. The van der Waals surface area contributed by atoms with Crippen LogP contribution in [-0.2, 0) is 9.31 Å². The van der Waals surface area contributed by atoms with Gasteiger partial charge in [-0.25, -0.2) is 0 Å². The maximum absolute atomic E-state index is 6.36. The number of nitrogens with one attached hydrogen (secondary N) is 1. The molecule has 0 spiro atoms. The van der Waals surface area contributed by atoms with Gasteiger partial charge in [-0.1, -0.05) is 23.2 Å². The monoisotopic (exact) mass is 312 g/mol. The molecule has 0 radical (unpaired) electrons. The van der Waals surface area contributed by atoms with Gasteiger partial charge in [0, 0.05) is 10.8 Å². The molecular weight excluding hydrogens is 298 g/mol. The lowest BCUT2D eigenvalue weighted by atomic mass is 9.77. The highest BCUT2D eigenvalue weighted by Gasteiger charge is 2.52. The topological polar surface area (TPSA) is 47.1 Å². The third-order valence-electron chi connectivity index (χ3n) is 4.17. The largest absolute Gasteiger partial charge is 0.497 e. The van der Waals surface area contributed by atoms with Gasteiger partial charge in [0.2, 0.25) is 0 Å². The summed E-state index contributed by atoms with van der Waals surface area (Å²) in [6.07, 6.45) is 1.71. The first-order valence-corrected chi connectivity index (χ1v) is 7.15. The number of benzene rings is 1. The smallest absolute Gasteiger partial charge is 0.399 e. The van der Waals surface area contributed by atoms with Gasteiger partial charge in [0.1, 0.15) is 0 Å². The van der Waals surface area contributed by atoms with Crippen LogP contribution in [0, 0.1) is 0 Å². The maximum atomic E-state index is 6.36. The summed E-state index contributed by atoms with van der Waals surface area (Å²) in [6.45, 7) is 7.99. The normalized spacial score (nSPS) is 20.8. The average molecular weight is 313 g/mol. The highest BCUT2D eigenvalue weighted by molar-refractivity contribution is 6.69. The molecule has 2 aromatic rings. The fraction of sp³-hybridized carbons (Fsp3) is 0.462. The van der Waals surface area contributed by atoms with Crippen LogP contribution in [0.1, 0.15) is 27.7 Å². The predicted molar refractivity (Wildman–Crippen MR) is 81.8 cm³/mol. The van der Waals surface area contributed by atoms with Crippen LogP contribution in [0.3, 0.4) is 0 Å². The molecule has 4 nitrogen and oxygen atoms in total. The Morgan fingerprint density at radius 1 is 1.15 bits per heavy atom. The first kappa shape index (κ1) is 14.2. The molecule has 0 unspecified atom stereocenters. The van der Waals surface area contributed by atoms with Crippen molar-refractivity contribution in [3.8, 4) is 0 Å². The lowest BCUT2D eigenvalue weighted by Gasteiger charge is -2.32. The van der Waals surface area contributed by atoms with Crippen molar-refractivity contribution in [2.75, 3.05) is 0 Å². The van der Waals surface area contributed by atoms with Crippen LogP contribution in [-0.4, -0.2) is 28.5 Å². The molecule has 1 aliphatic rings. The quantitative estimate of drug-likeness (QED) is 0.823. The van der Waals surface area contributed by atoms with E-state index in [-0.39, 0.29) is 0 Å². The molecule has 1 aromatic heterocycles. The van der Waals surface area contributed by atoms with E-state index in [1.54, 1.807) is 12.3 Å². The Hall–Kier alpha value is -0.745. The van der Waals surface area contributed by atoms with Gasteiger partial charge in [0.05, 0.1) is 33.0 Å². The highest BCUT2D eigenvalue weighted by Crippen LogP contribution is 2.38. The van der Waals surface area contributed by atoms with E-state index in [2.05, 4.69) is 10.2 Å². The minimum Gasteiger partial charge on any atom is -0.399 e. The number of halogens is 2. The Morgan fingerprint density at radius 3 is 2.35 bits per heavy atom. The number of rotatable bonds is 1. The fourth-order valence-electron chi connectivity index (χ4n) is 2.25. The summed E-state index contributed by atoms with van der Waals surface area (Å²) in [4.78, 5) is 0. The Labute approximate surface area is 127 Å². The minimum absolute atomic E-state index is 0.431. The molecule has 0 saturated carbocycles. The third kappa shape index (κ3) is 1.96. The fourth-order valence-corrected chi connectivity index (χ4v) is 2.71. The molecule has 1 aliphatic heterocycles. The molecule has 3 rings (SSSR count). The molecule has 106 valence electrons. The van der Waals surface area contributed by atoms with Crippen LogP contribution in [0.5, 0.6) is 0 Å². The Morgan fingerprint density at radius 2 is 1.75 bits per heavy atom. The van der Waals surface area contributed by atoms with Gasteiger partial charge in [-0.2, -0.15) is 5.10 Å². The molecule has 1 aromatic carbocycles. The summed E-state index contributed by atoms with van der Waals surface area (Å²) in [5, 5.41) is 8.68. The number of hydrogen-bond donors (Lipinski definition) is 1. The van der Waals surface area contributed by atoms with E-state index in [0.717, 1.165) is 16.4 Å². The molecule has 1 N–H and O–H groups in total. The number of aromatic amines is 1. The molecule has 0 atom stereocenters. The Balaban J connectivity index is 2.16. The van der Waals surface area contributed by atoms with Crippen LogP contribution in [0.25, 0.3) is 10.9 Å². The first-order valence-electron chi connectivity index (χ1n) is 6.39. The van der Waals surface area contributed by atoms with E-state index < -0.39 is 18.3 Å². The molecule has 1 saturated heterocycles. The van der Waals surface area contributed by atoms with Crippen LogP contribution in [0.2, 0.25) is 10.0 Å². The van der Waals surface area contributed by atoms with Gasteiger partial charge >= 0.3 is 7.12 Å². The van der Waals surface area contributed by atoms with Crippen molar-refractivity contribution in [3.05, 3.63) is 22.3 Å². The van der Waals surface area contributed by atoms with Crippen LogP contribution in [0.4, 0.5) is 0 Å². The van der Waals surface area contributed by atoms with Gasteiger partial charge < -0.3 is 9.31 Å². The minimum atomic E-state index is -0.564. The first-order chi connectivity index (χ1) is 9.23. The van der Waals surface area contributed by atoms with Crippen molar-refractivity contribution in [1.29, 1.82) is 0 Å². The summed E-state index contributed by atoms with van der Waals surface area (Å²) in [7, 11) is -0.564. The van der Waals surface area contributed by atoms with Crippen molar-refractivity contribution in [2.45, 2.75) is 38.9 Å². The van der Waals surface area contributed by atoms with Crippen molar-refractivity contribution >= 4 is 46.7 Å². The number of nitrogens with zero attached hydrogens (tertiary/aromatic N) is 1. The van der Waals surface area contributed by atoms with E-state index >= 15 is 0 Å². The second kappa shape index (κ2) is 4.37. The standard InChI is InChI=1S/C13H15BCl2N2O2/c1-12(2)13(3,4)20-14(19-12)10-7-6-17-18-9(7)5-8(15)11(10)16/h5-6H,1-4H3,(H,17,18). The number of hydrogen-bond acceptors (Lipinski definition) is 3. The third-order valence-corrected chi connectivity index (χ3v) is 4.97. The number of aromatic nitrogens is 2. The van der Waals surface area contributed by atoms with E-state index in [9.17, 15) is 0 Å². The van der Waals surface area contributed by atoms with E-state index in [1.807, 2.05) is 27.7 Å². The van der Waals surface area contributed by atoms with Gasteiger partial charge in [0.25, 0.3) is 0 Å². The summed E-state index contributed by atoms with van der Waals surface area (Å²) in [6, 6.07) is 1.75. The Bertz CT molecular complexity index is 668. The van der Waals surface area contributed by atoms with E-state index in [0.29, 0.717) is 10.0 Å². The van der Waals surface area contributed by atoms with Gasteiger partial charge in [0.15, 0.2) is 0 Å². The Kier molecular flexibility index (Phi) is 3.11. The van der Waals surface area contributed by atoms with Crippen molar-refractivity contribution in [2.24, 2.45) is 0 Å². The maximum Gasteiger partial charge on any atom is 0.497 e. The molecule has 20 heavy (non-hydrogen) atoms. The zero-order chi connectivity index (χ0) is 14.7. The predicted octanol–water partition coefficient (Wildman–Crippen LogP) is 3.17. The summed E-state index contributed by atoms with van der Waals surface area (Å²) < 4.78 is 12.1. The lowest BCUT2D eigenvalue weighted by Crippen LogP contribution is -2.41.